The number of thioether (sulfide) groups is 1. The number of carboxylic acid groups (broad SMARTS) is 1. The number of hydrogen-bond acceptors (Lipinski definition) is 2. The van der Waals surface area contributed by atoms with Gasteiger partial charge >= 0.3 is 5.97 Å². The fourth-order valence-corrected chi connectivity index (χ4v) is 2.44. The number of halogens is 2. The minimum atomic E-state index is -0.950. The third-order valence-corrected chi connectivity index (χ3v) is 3.97. The van der Waals surface area contributed by atoms with Gasteiger partial charge in [-0.25, -0.2) is 0 Å². The van der Waals surface area contributed by atoms with Crippen molar-refractivity contribution in [2.24, 2.45) is 0 Å². The molecule has 0 bridgehead atoms. The molecule has 0 amide bonds. The van der Waals surface area contributed by atoms with Crippen molar-refractivity contribution in [1.29, 1.82) is 0 Å². The molecule has 0 unspecified atom stereocenters. The van der Waals surface area contributed by atoms with Crippen molar-refractivity contribution >= 4 is 40.9 Å². The summed E-state index contributed by atoms with van der Waals surface area (Å²) in [5, 5.41) is 9.93. The third kappa shape index (κ3) is 3.03. The highest BCUT2D eigenvalue weighted by atomic mass is 35.5. The number of aliphatic carboxylic acids is 1. The number of benzene rings is 1. The summed E-state index contributed by atoms with van der Waals surface area (Å²) in [6, 6.07) is 5.10. The normalized spacial score (nSPS) is 11.5. The lowest BCUT2D eigenvalue weighted by atomic mass is 10.2. The van der Waals surface area contributed by atoms with E-state index in [1.807, 2.05) is 0 Å². The van der Waals surface area contributed by atoms with Gasteiger partial charge in [-0.05, 0) is 26.0 Å². The highest BCUT2D eigenvalue weighted by molar-refractivity contribution is 8.01. The van der Waals surface area contributed by atoms with Crippen molar-refractivity contribution in [3.8, 4) is 0 Å². The van der Waals surface area contributed by atoms with Crippen LogP contribution in [0.2, 0.25) is 10.0 Å². The van der Waals surface area contributed by atoms with Gasteiger partial charge in [0, 0.05) is 4.90 Å². The number of hydrogen-bond donors (Lipinski definition) is 1. The van der Waals surface area contributed by atoms with Crippen LogP contribution in [0.1, 0.15) is 13.8 Å². The highest BCUT2D eigenvalue weighted by Gasteiger charge is 2.30. The zero-order valence-electron chi connectivity index (χ0n) is 8.25. The summed E-state index contributed by atoms with van der Waals surface area (Å²) in [5.74, 6) is -0.900. The summed E-state index contributed by atoms with van der Waals surface area (Å²) in [7, 11) is 0. The Bertz CT molecular complexity index is 371. The van der Waals surface area contributed by atoms with Crippen LogP contribution < -0.4 is 0 Å². The molecule has 0 aliphatic heterocycles. The quantitative estimate of drug-likeness (QED) is 0.841. The molecule has 1 N–H and O–H groups in total. The van der Waals surface area contributed by atoms with E-state index in [2.05, 4.69) is 0 Å². The second kappa shape index (κ2) is 4.64. The molecule has 0 radical (unpaired) electrons. The highest BCUT2D eigenvalue weighted by Crippen LogP contribution is 2.41. The van der Waals surface area contributed by atoms with Gasteiger partial charge in [0.1, 0.15) is 4.75 Å². The fourth-order valence-electron chi connectivity index (χ4n) is 0.879. The summed E-state index contributed by atoms with van der Waals surface area (Å²) < 4.78 is -0.950. The maximum Gasteiger partial charge on any atom is 0.319 e. The largest absolute Gasteiger partial charge is 0.480 e. The van der Waals surface area contributed by atoms with Crippen LogP contribution in [-0.2, 0) is 4.79 Å². The molecule has 0 heterocycles. The van der Waals surface area contributed by atoms with Crippen LogP contribution in [-0.4, -0.2) is 15.8 Å². The van der Waals surface area contributed by atoms with E-state index in [4.69, 9.17) is 28.3 Å². The molecule has 0 saturated heterocycles. The van der Waals surface area contributed by atoms with E-state index >= 15 is 0 Å². The molecule has 5 heteroatoms. The van der Waals surface area contributed by atoms with Gasteiger partial charge < -0.3 is 5.11 Å². The SMILES string of the molecule is CC(C)(Sc1c(Cl)cccc1Cl)C(=O)O. The topological polar surface area (TPSA) is 37.3 Å². The average Bonchev–Trinajstić information content (AvgIpc) is 2.11. The van der Waals surface area contributed by atoms with Crippen molar-refractivity contribution in [1.82, 2.24) is 0 Å². The molecule has 1 rings (SSSR count). The zero-order valence-corrected chi connectivity index (χ0v) is 10.6. The molecule has 82 valence electrons. The van der Waals surface area contributed by atoms with E-state index < -0.39 is 10.7 Å². The second-order valence-electron chi connectivity index (χ2n) is 3.47. The lowest BCUT2D eigenvalue weighted by Gasteiger charge is -2.19. The van der Waals surface area contributed by atoms with Crippen LogP contribution in [0.15, 0.2) is 23.1 Å². The Balaban J connectivity index is 3.04. The van der Waals surface area contributed by atoms with Gasteiger partial charge in [0.05, 0.1) is 10.0 Å². The molecule has 0 spiro atoms. The van der Waals surface area contributed by atoms with Crippen LogP contribution in [0.4, 0.5) is 0 Å². The van der Waals surface area contributed by atoms with Crippen molar-refractivity contribution in [3.05, 3.63) is 28.2 Å². The summed E-state index contributed by atoms with van der Waals surface area (Å²) in [4.78, 5) is 11.5. The van der Waals surface area contributed by atoms with Gasteiger partial charge in [0.25, 0.3) is 0 Å². The second-order valence-corrected chi connectivity index (χ2v) is 5.92. The summed E-state index contributed by atoms with van der Waals surface area (Å²) in [5.41, 5.74) is 0. The smallest absolute Gasteiger partial charge is 0.319 e. The molecule has 0 aromatic heterocycles. The van der Waals surface area contributed by atoms with Gasteiger partial charge in [-0.2, -0.15) is 0 Å². The lowest BCUT2D eigenvalue weighted by Crippen LogP contribution is -2.26. The minimum Gasteiger partial charge on any atom is -0.480 e. The fraction of sp³-hybridized carbons (Fsp3) is 0.300. The van der Waals surface area contributed by atoms with E-state index in [0.29, 0.717) is 14.9 Å². The van der Waals surface area contributed by atoms with E-state index in [-0.39, 0.29) is 0 Å². The number of carboxylic acids is 1. The van der Waals surface area contributed by atoms with Crippen molar-refractivity contribution in [3.63, 3.8) is 0 Å². The lowest BCUT2D eigenvalue weighted by molar-refractivity contribution is -0.138. The molecule has 1 aromatic carbocycles. The molecule has 0 aliphatic carbocycles. The number of rotatable bonds is 3. The maximum absolute atomic E-state index is 10.9. The Labute approximate surface area is 103 Å². The minimum absolute atomic E-state index is 0.474. The molecular weight excluding hydrogens is 255 g/mol. The van der Waals surface area contributed by atoms with Gasteiger partial charge in [-0.1, -0.05) is 29.3 Å². The zero-order chi connectivity index (χ0) is 11.6. The Kier molecular flexibility index (Phi) is 3.93. The van der Waals surface area contributed by atoms with E-state index in [1.165, 1.54) is 0 Å². The first-order valence-corrected chi connectivity index (χ1v) is 5.78. The van der Waals surface area contributed by atoms with E-state index in [9.17, 15) is 4.79 Å². The Morgan fingerprint density at radius 3 is 2.20 bits per heavy atom. The van der Waals surface area contributed by atoms with Crippen LogP contribution in [0, 0.1) is 0 Å². The number of carbonyl (C=O) groups is 1. The molecule has 0 aliphatic rings. The predicted octanol–water partition coefficient (Wildman–Crippen LogP) is 3.95. The van der Waals surface area contributed by atoms with E-state index in [1.54, 1.807) is 32.0 Å². The molecule has 15 heavy (non-hydrogen) atoms. The molecular formula is C10H10Cl2O2S. The standard InChI is InChI=1S/C10H10Cl2O2S/c1-10(2,9(13)14)15-8-6(11)4-3-5-7(8)12/h3-5H,1-2H3,(H,13,14). The molecule has 2 nitrogen and oxygen atoms in total. The monoisotopic (exact) mass is 264 g/mol. The summed E-state index contributed by atoms with van der Waals surface area (Å²) in [6.45, 7) is 3.22. The van der Waals surface area contributed by atoms with E-state index in [0.717, 1.165) is 11.8 Å². The third-order valence-electron chi connectivity index (χ3n) is 1.79. The Hall–Kier alpha value is -0.380. The van der Waals surface area contributed by atoms with Crippen LogP contribution in [0.3, 0.4) is 0 Å². The van der Waals surface area contributed by atoms with Crippen LogP contribution in [0.5, 0.6) is 0 Å². The first kappa shape index (κ1) is 12.7. The molecule has 0 saturated carbocycles. The summed E-state index contributed by atoms with van der Waals surface area (Å²) in [6.07, 6.45) is 0. The van der Waals surface area contributed by atoms with Gasteiger partial charge in [-0.15, -0.1) is 11.8 Å². The van der Waals surface area contributed by atoms with Crippen molar-refractivity contribution < 1.29 is 9.90 Å². The van der Waals surface area contributed by atoms with Gasteiger partial charge in [-0.3, -0.25) is 4.79 Å². The first-order valence-electron chi connectivity index (χ1n) is 4.21. The van der Waals surface area contributed by atoms with Crippen LogP contribution in [0.25, 0.3) is 0 Å². The van der Waals surface area contributed by atoms with Gasteiger partial charge in [0.2, 0.25) is 0 Å². The molecule has 0 fully saturated rings. The van der Waals surface area contributed by atoms with Crippen LogP contribution >= 0.6 is 35.0 Å². The Morgan fingerprint density at radius 2 is 1.80 bits per heavy atom. The van der Waals surface area contributed by atoms with Crippen molar-refractivity contribution in [2.45, 2.75) is 23.5 Å². The first-order chi connectivity index (χ1) is 6.84. The van der Waals surface area contributed by atoms with Crippen molar-refractivity contribution in [2.75, 3.05) is 0 Å². The Morgan fingerprint density at radius 1 is 1.33 bits per heavy atom. The predicted molar refractivity (Wildman–Crippen MR) is 64.0 cm³/mol. The van der Waals surface area contributed by atoms with Gasteiger partial charge in [0.15, 0.2) is 0 Å². The molecule has 1 aromatic rings. The maximum atomic E-state index is 10.9. The summed E-state index contributed by atoms with van der Waals surface area (Å²) >= 11 is 13.0. The molecule has 0 atom stereocenters. The average molecular weight is 265 g/mol.